The van der Waals surface area contributed by atoms with Gasteiger partial charge >= 0.3 is 0 Å². The van der Waals surface area contributed by atoms with Gasteiger partial charge in [0.25, 0.3) is 11.8 Å². The molecule has 4 rings (SSSR count). The lowest BCUT2D eigenvalue weighted by atomic mass is 10.0. The number of aromatic nitrogens is 3. The van der Waals surface area contributed by atoms with Gasteiger partial charge < -0.3 is 11.1 Å². The van der Waals surface area contributed by atoms with E-state index in [2.05, 4.69) is 25.8 Å². The molecule has 1 atom stereocenters. The molecule has 29 heavy (non-hydrogen) atoms. The summed E-state index contributed by atoms with van der Waals surface area (Å²) in [5.41, 5.74) is 6.70. The minimum absolute atomic E-state index is 0.0851. The molecule has 0 spiro atoms. The van der Waals surface area contributed by atoms with Crippen molar-refractivity contribution in [3.63, 3.8) is 0 Å². The van der Waals surface area contributed by atoms with Gasteiger partial charge in [0.15, 0.2) is 0 Å². The van der Waals surface area contributed by atoms with Gasteiger partial charge in [0.1, 0.15) is 11.9 Å². The lowest BCUT2D eigenvalue weighted by Crippen LogP contribution is -2.54. The van der Waals surface area contributed by atoms with E-state index in [1.54, 1.807) is 18.2 Å². The van der Waals surface area contributed by atoms with E-state index in [4.69, 9.17) is 5.73 Å². The number of hydrogen-bond acceptors (Lipinski definition) is 8. The standard InChI is InChI=1S/C18H19N7O4/c19-6-5-13-21-18(24-23-13)20-8-9-1-2-10-11(7-9)17(29)25(16(10)28)12-3-4-14(26)22-15(12)27/h1-2,7,12H,3-6,8,19H2,(H,22,26,27)(H2,20,21,23,24). The van der Waals surface area contributed by atoms with Gasteiger partial charge in [-0.05, 0) is 30.7 Å². The molecule has 0 saturated carbocycles. The number of nitrogens with one attached hydrogen (secondary N) is 3. The van der Waals surface area contributed by atoms with Crippen LogP contribution in [0.15, 0.2) is 18.2 Å². The Morgan fingerprint density at radius 2 is 1.97 bits per heavy atom. The lowest BCUT2D eigenvalue weighted by molar-refractivity contribution is -0.136. The van der Waals surface area contributed by atoms with E-state index in [1.807, 2.05) is 0 Å². The van der Waals surface area contributed by atoms with E-state index < -0.39 is 29.7 Å². The van der Waals surface area contributed by atoms with Crippen molar-refractivity contribution in [2.24, 2.45) is 5.73 Å². The number of nitrogens with two attached hydrogens (primary N) is 1. The molecule has 5 N–H and O–H groups in total. The molecule has 2 aliphatic heterocycles. The molecule has 0 radical (unpaired) electrons. The second kappa shape index (κ2) is 7.43. The topological polar surface area (TPSA) is 163 Å². The van der Waals surface area contributed by atoms with Crippen molar-refractivity contribution in [1.29, 1.82) is 0 Å². The zero-order valence-corrected chi connectivity index (χ0v) is 15.4. The molecule has 2 aliphatic rings. The van der Waals surface area contributed by atoms with Crippen molar-refractivity contribution in [1.82, 2.24) is 25.4 Å². The molecule has 2 aromatic rings. The molecule has 150 valence electrons. The number of imide groups is 2. The van der Waals surface area contributed by atoms with Gasteiger partial charge in [-0.1, -0.05) is 6.07 Å². The van der Waals surface area contributed by atoms with Gasteiger partial charge in [-0.15, -0.1) is 5.10 Å². The van der Waals surface area contributed by atoms with Crippen LogP contribution in [0, 0.1) is 0 Å². The highest BCUT2D eigenvalue weighted by molar-refractivity contribution is 6.23. The molecule has 0 aliphatic carbocycles. The smallest absolute Gasteiger partial charge is 0.262 e. The molecule has 1 saturated heterocycles. The number of piperidine rings is 1. The predicted octanol–water partition coefficient (Wildman–Crippen LogP) is -0.681. The van der Waals surface area contributed by atoms with Crippen molar-refractivity contribution in [3.05, 3.63) is 40.7 Å². The van der Waals surface area contributed by atoms with Crippen molar-refractivity contribution in [2.45, 2.75) is 31.8 Å². The van der Waals surface area contributed by atoms with Crippen LogP contribution in [0.5, 0.6) is 0 Å². The molecule has 3 heterocycles. The Kier molecular flexibility index (Phi) is 4.80. The van der Waals surface area contributed by atoms with Gasteiger partial charge in [-0.2, -0.15) is 4.98 Å². The van der Waals surface area contributed by atoms with Crippen LogP contribution in [0.3, 0.4) is 0 Å². The Balaban J connectivity index is 1.49. The number of anilines is 1. The first-order chi connectivity index (χ1) is 14.0. The van der Waals surface area contributed by atoms with Crippen LogP contribution in [-0.4, -0.2) is 56.3 Å². The van der Waals surface area contributed by atoms with Gasteiger partial charge in [-0.25, -0.2) is 0 Å². The van der Waals surface area contributed by atoms with Gasteiger partial charge in [0.05, 0.1) is 11.1 Å². The van der Waals surface area contributed by atoms with Gasteiger partial charge in [-0.3, -0.25) is 34.5 Å². The van der Waals surface area contributed by atoms with E-state index in [1.165, 1.54) is 0 Å². The molecule has 1 unspecified atom stereocenters. The summed E-state index contributed by atoms with van der Waals surface area (Å²) in [7, 11) is 0. The molecular formula is C18H19N7O4. The van der Waals surface area contributed by atoms with Crippen LogP contribution in [0.2, 0.25) is 0 Å². The number of rotatable bonds is 6. The Bertz CT molecular complexity index is 1020. The van der Waals surface area contributed by atoms with Crippen molar-refractivity contribution in [2.75, 3.05) is 11.9 Å². The monoisotopic (exact) mass is 397 g/mol. The third kappa shape index (κ3) is 3.47. The molecule has 0 bridgehead atoms. The highest BCUT2D eigenvalue weighted by Crippen LogP contribution is 2.28. The first-order valence-corrected chi connectivity index (χ1v) is 9.17. The van der Waals surface area contributed by atoms with Crippen LogP contribution >= 0.6 is 0 Å². The summed E-state index contributed by atoms with van der Waals surface area (Å²) in [5.74, 6) is -1.02. The molecule has 11 nitrogen and oxygen atoms in total. The van der Waals surface area contributed by atoms with Crippen LogP contribution in [-0.2, 0) is 22.6 Å². The Labute approximate surface area is 165 Å². The molecule has 11 heteroatoms. The number of carbonyl (C=O) groups excluding carboxylic acids is 4. The summed E-state index contributed by atoms with van der Waals surface area (Å²) < 4.78 is 0. The normalized spacial score (nSPS) is 18.8. The third-order valence-corrected chi connectivity index (χ3v) is 4.87. The zero-order valence-electron chi connectivity index (χ0n) is 15.4. The van der Waals surface area contributed by atoms with Crippen LogP contribution in [0.1, 0.15) is 44.9 Å². The second-order valence-electron chi connectivity index (χ2n) is 6.83. The number of hydrogen-bond donors (Lipinski definition) is 4. The van der Waals surface area contributed by atoms with Crippen LogP contribution in [0.4, 0.5) is 5.95 Å². The number of fused-ring (bicyclic) bond motifs is 1. The van der Waals surface area contributed by atoms with E-state index in [9.17, 15) is 19.2 Å². The van der Waals surface area contributed by atoms with E-state index >= 15 is 0 Å². The first-order valence-electron chi connectivity index (χ1n) is 9.17. The molecule has 1 fully saturated rings. The van der Waals surface area contributed by atoms with Gasteiger partial charge in [0.2, 0.25) is 17.8 Å². The quantitative estimate of drug-likeness (QED) is 0.466. The summed E-state index contributed by atoms with van der Waals surface area (Å²) >= 11 is 0. The highest BCUT2D eigenvalue weighted by Gasteiger charge is 2.44. The molecule has 1 aromatic carbocycles. The maximum Gasteiger partial charge on any atom is 0.262 e. The van der Waals surface area contributed by atoms with E-state index in [0.717, 1.165) is 10.5 Å². The van der Waals surface area contributed by atoms with Crippen molar-refractivity contribution < 1.29 is 19.2 Å². The SMILES string of the molecule is NCCc1nc(NCc2ccc3c(c2)C(=O)N(C2CCC(=O)NC2=O)C3=O)n[nH]1. The Hall–Kier alpha value is -3.60. The predicted molar refractivity (Wildman–Crippen MR) is 99.6 cm³/mol. The third-order valence-electron chi connectivity index (χ3n) is 4.87. The Morgan fingerprint density at radius 1 is 1.17 bits per heavy atom. The summed E-state index contributed by atoms with van der Waals surface area (Å²) in [6.07, 6.45) is 0.794. The number of aromatic amines is 1. The van der Waals surface area contributed by atoms with Gasteiger partial charge in [0, 0.05) is 19.4 Å². The fourth-order valence-electron chi connectivity index (χ4n) is 3.43. The summed E-state index contributed by atoms with van der Waals surface area (Å²) in [6, 6.07) is 3.92. The average Bonchev–Trinajstić information content (AvgIpc) is 3.24. The molecular weight excluding hydrogens is 378 g/mol. The fraction of sp³-hybridized carbons (Fsp3) is 0.333. The minimum Gasteiger partial charge on any atom is -0.349 e. The van der Waals surface area contributed by atoms with Crippen LogP contribution in [0.25, 0.3) is 0 Å². The second-order valence-corrected chi connectivity index (χ2v) is 6.83. The lowest BCUT2D eigenvalue weighted by Gasteiger charge is -2.27. The molecule has 1 aromatic heterocycles. The largest absolute Gasteiger partial charge is 0.349 e. The number of nitrogens with zero attached hydrogens (tertiary/aromatic N) is 3. The van der Waals surface area contributed by atoms with Crippen molar-refractivity contribution in [3.8, 4) is 0 Å². The van der Waals surface area contributed by atoms with Crippen LogP contribution < -0.4 is 16.4 Å². The summed E-state index contributed by atoms with van der Waals surface area (Å²) in [6.45, 7) is 0.798. The number of benzene rings is 1. The first kappa shape index (κ1) is 18.7. The fourth-order valence-corrected chi connectivity index (χ4v) is 3.43. The summed E-state index contributed by atoms with van der Waals surface area (Å²) in [4.78, 5) is 54.1. The number of H-pyrrole nitrogens is 1. The average molecular weight is 397 g/mol. The number of carbonyl (C=O) groups is 4. The zero-order chi connectivity index (χ0) is 20.5. The Morgan fingerprint density at radius 3 is 2.72 bits per heavy atom. The van der Waals surface area contributed by atoms with E-state index in [0.29, 0.717) is 31.3 Å². The molecule has 4 amide bonds. The van der Waals surface area contributed by atoms with Crippen molar-refractivity contribution >= 4 is 29.6 Å². The summed E-state index contributed by atoms with van der Waals surface area (Å²) in [5, 5.41) is 12.0. The minimum atomic E-state index is -0.976. The number of amides is 4. The highest BCUT2D eigenvalue weighted by atomic mass is 16.2. The van der Waals surface area contributed by atoms with E-state index in [-0.39, 0.29) is 24.0 Å². The maximum atomic E-state index is 12.8. The maximum absolute atomic E-state index is 12.8.